The lowest BCUT2D eigenvalue weighted by molar-refractivity contribution is 0.268. The van der Waals surface area contributed by atoms with Crippen LogP contribution in [0, 0.1) is 20.8 Å². The van der Waals surface area contributed by atoms with E-state index in [1.807, 2.05) is 20.8 Å². The molecule has 2 N–H and O–H groups in total. The van der Waals surface area contributed by atoms with E-state index in [0.29, 0.717) is 0 Å². The molecule has 1 atom stereocenters. The highest BCUT2D eigenvalue weighted by atomic mass is 16.3. The molecule has 0 aliphatic rings. The summed E-state index contributed by atoms with van der Waals surface area (Å²) in [5.74, 6) is 1.61. The summed E-state index contributed by atoms with van der Waals surface area (Å²) in [6.45, 7) is 8.09. The molecule has 1 heterocycles. The standard InChI is InChI=1S/C12H21N3O/c1-5-6-11(7-16)15-12-8(2)9(3)13-10(4)14-12/h11,16H,5-7H2,1-4H3,(H,13,14,15)/t11-/m1/s1. The molecule has 4 nitrogen and oxygen atoms in total. The first kappa shape index (κ1) is 12.9. The fourth-order valence-electron chi connectivity index (χ4n) is 1.66. The van der Waals surface area contributed by atoms with E-state index in [1.165, 1.54) is 0 Å². The average molecular weight is 223 g/mol. The maximum Gasteiger partial charge on any atom is 0.133 e. The van der Waals surface area contributed by atoms with Gasteiger partial charge in [0.15, 0.2) is 0 Å². The van der Waals surface area contributed by atoms with Crippen LogP contribution in [0.25, 0.3) is 0 Å². The lowest BCUT2D eigenvalue weighted by atomic mass is 10.1. The molecular weight excluding hydrogens is 202 g/mol. The molecule has 1 aromatic rings. The molecule has 0 amide bonds. The minimum atomic E-state index is 0.0809. The van der Waals surface area contributed by atoms with Crippen LogP contribution in [0.5, 0.6) is 0 Å². The van der Waals surface area contributed by atoms with Crippen LogP contribution in [-0.2, 0) is 0 Å². The lowest BCUT2D eigenvalue weighted by Gasteiger charge is -2.18. The fraction of sp³-hybridized carbons (Fsp3) is 0.667. The maximum atomic E-state index is 9.24. The molecule has 0 aromatic carbocycles. The first-order chi connectivity index (χ1) is 7.58. The van der Waals surface area contributed by atoms with Crippen molar-refractivity contribution in [3.63, 3.8) is 0 Å². The number of rotatable bonds is 5. The summed E-state index contributed by atoms with van der Waals surface area (Å²) in [6.07, 6.45) is 1.98. The van der Waals surface area contributed by atoms with Crippen molar-refractivity contribution in [2.75, 3.05) is 11.9 Å². The SMILES string of the molecule is CCC[C@H](CO)Nc1nc(C)nc(C)c1C. The zero-order chi connectivity index (χ0) is 12.1. The number of hydrogen-bond acceptors (Lipinski definition) is 4. The van der Waals surface area contributed by atoms with Gasteiger partial charge in [-0.1, -0.05) is 13.3 Å². The Morgan fingerprint density at radius 3 is 2.50 bits per heavy atom. The molecule has 0 bridgehead atoms. The van der Waals surface area contributed by atoms with Gasteiger partial charge in [-0.3, -0.25) is 0 Å². The molecule has 0 aliphatic heterocycles. The van der Waals surface area contributed by atoms with Gasteiger partial charge in [-0.15, -0.1) is 0 Å². The molecule has 90 valence electrons. The lowest BCUT2D eigenvalue weighted by Crippen LogP contribution is -2.25. The largest absolute Gasteiger partial charge is 0.394 e. The van der Waals surface area contributed by atoms with Gasteiger partial charge in [-0.05, 0) is 27.2 Å². The molecule has 0 unspecified atom stereocenters. The molecule has 0 radical (unpaired) electrons. The van der Waals surface area contributed by atoms with Crippen molar-refractivity contribution in [2.24, 2.45) is 0 Å². The van der Waals surface area contributed by atoms with Crippen LogP contribution in [-0.4, -0.2) is 27.7 Å². The molecule has 0 saturated heterocycles. The Balaban J connectivity index is 2.87. The van der Waals surface area contributed by atoms with Crippen molar-refractivity contribution in [2.45, 2.75) is 46.6 Å². The zero-order valence-corrected chi connectivity index (χ0v) is 10.5. The predicted octanol–water partition coefficient (Wildman–Crippen LogP) is 1.97. The second-order valence-corrected chi connectivity index (χ2v) is 4.14. The van der Waals surface area contributed by atoms with Crippen LogP contribution in [0.2, 0.25) is 0 Å². The zero-order valence-electron chi connectivity index (χ0n) is 10.5. The van der Waals surface area contributed by atoms with Gasteiger partial charge in [-0.2, -0.15) is 0 Å². The molecule has 1 rings (SSSR count). The summed E-state index contributed by atoms with van der Waals surface area (Å²) in [5.41, 5.74) is 2.04. The summed E-state index contributed by atoms with van der Waals surface area (Å²) >= 11 is 0. The third-order valence-corrected chi connectivity index (χ3v) is 2.70. The molecule has 16 heavy (non-hydrogen) atoms. The Bertz CT molecular complexity index is 352. The minimum Gasteiger partial charge on any atom is -0.394 e. The van der Waals surface area contributed by atoms with Crippen LogP contribution in [0.3, 0.4) is 0 Å². The van der Waals surface area contributed by atoms with Gasteiger partial charge in [0.2, 0.25) is 0 Å². The molecule has 4 heteroatoms. The molecule has 0 fully saturated rings. The number of aryl methyl sites for hydroxylation is 2. The van der Waals surface area contributed by atoms with Crippen molar-refractivity contribution in [3.8, 4) is 0 Å². The second-order valence-electron chi connectivity index (χ2n) is 4.14. The van der Waals surface area contributed by atoms with E-state index in [1.54, 1.807) is 0 Å². The highest BCUT2D eigenvalue weighted by Gasteiger charge is 2.11. The number of nitrogens with zero attached hydrogens (tertiary/aromatic N) is 2. The van der Waals surface area contributed by atoms with Crippen LogP contribution in [0.4, 0.5) is 5.82 Å². The first-order valence-corrected chi connectivity index (χ1v) is 5.77. The van der Waals surface area contributed by atoms with E-state index in [2.05, 4.69) is 22.2 Å². The van der Waals surface area contributed by atoms with Crippen LogP contribution in [0.1, 0.15) is 36.8 Å². The Kier molecular flexibility index (Phi) is 4.68. The van der Waals surface area contributed by atoms with Crippen molar-refractivity contribution in [3.05, 3.63) is 17.1 Å². The van der Waals surface area contributed by atoms with Gasteiger partial charge in [0.25, 0.3) is 0 Å². The molecule has 0 aliphatic carbocycles. The van der Waals surface area contributed by atoms with Gasteiger partial charge in [0.1, 0.15) is 11.6 Å². The van der Waals surface area contributed by atoms with Gasteiger partial charge in [0.05, 0.1) is 12.6 Å². The predicted molar refractivity (Wildman–Crippen MR) is 65.6 cm³/mol. The average Bonchev–Trinajstić information content (AvgIpc) is 2.24. The van der Waals surface area contributed by atoms with Crippen molar-refractivity contribution >= 4 is 5.82 Å². The Morgan fingerprint density at radius 1 is 1.25 bits per heavy atom. The fourth-order valence-corrected chi connectivity index (χ4v) is 1.66. The minimum absolute atomic E-state index is 0.0809. The summed E-state index contributed by atoms with van der Waals surface area (Å²) in [5, 5.41) is 12.5. The Hall–Kier alpha value is -1.16. The Morgan fingerprint density at radius 2 is 1.94 bits per heavy atom. The van der Waals surface area contributed by atoms with Crippen LogP contribution < -0.4 is 5.32 Å². The summed E-state index contributed by atoms with van der Waals surface area (Å²) < 4.78 is 0. The third kappa shape index (κ3) is 3.17. The maximum absolute atomic E-state index is 9.24. The van der Waals surface area contributed by atoms with Gasteiger partial charge in [0, 0.05) is 11.3 Å². The number of nitrogens with one attached hydrogen (secondary N) is 1. The summed E-state index contributed by atoms with van der Waals surface area (Å²) in [4.78, 5) is 8.67. The molecular formula is C12H21N3O. The van der Waals surface area contributed by atoms with Crippen molar-refractivity contribution in [1.82, 2.24) is 9.97 Å². The van der Waals surface area contributed by atoms with E-state index < -0.39 is 0 Å². The van der Waals surface area contributed by atoms with E-state index in [-0.39, 0.29) is 12.6 Å². The van der Waals surface area contributed by atoms with Gasteiger partial charge >= 0.3 is 0 Å². The van der Waals surface area contributed by atoms with E-state index >= 15 is 0 Å². The smallest absolute Gasteiger partial charge is 0.133 e. The van der Waals surface area contributed by atoms with Crippen molar-refractivity contribution in [1.29, 1.82) is 0 Å². The monoisotopic (exact) mass is 223 g/mol. The highest BCUT2D eigenvalue weighted by Crippen LogP contribution is 2.16. The summed E-state index contributed by atoms with van der Waals surface area (Å²) in [6, 6.07) is 0.0809. The molecule has 0 saturated carbocycles. The van der Waals surface area contributed by atoms with Crippen LogP contribution in [0.15, 0.2) is 0 Å². The van der Waals surface area contributed by atoms with Crippen molar-refractivity contribution < 1.29 is 5.11 Å². The highest BCUT2D eigenvalue weighted by molar-refractivity contribution is 5.46. The number of aliphatic hydroxyl groups excluding tert-OH is 1. The second kappa shape index (κ2) is 5.80. The molecule has 1 aromatic heterocycles. The van der Waals surface area contributed by atoms with E-state index in [4.69, 9.17) is 0 Å². The number of aliphatic hydroxyl groups is 1. The number of hydrogen-bond donors (Lipinski definition) is 2. The number of anilines is 1. The summed E-state index contributed by atoms with van der Waals surface area (Å²) in [7, 11) is 0. The topological polar surface area (TPSA) is 58.0 Å². The molecule has 0 spiro atoms. The van der Waals surface area contributed by atoms with Crippen LogP contribution >= 0.6 is 0 Å². The first-order valence-electron chi connectivity index (χ1n) is 5.77. The van der Waals surface area contributed by atoms with E-state index in [9.17, 15) is 5.11 Å². The normalized spacial score (nSPS) is 12.6. The van der Waals surface area contributed by atoms with Gasteiger partial charge in [-0.25, -0.2) is 9.97 Å². The Labute approximate surface area is 97.1 Å². The van der Waals surface area contributed by atoms with E-state index in [0.717, 1.165) is 35.7 Å². The third-order valence-electron chi connectivity index (χ3n) is 2.70. The van der Waals surface area contributed by atoms with Gasteiger partial charge < -0.3 is 10.4 Å². The number of aromatic nitrogens is 2. The quantitative estimate of drug-likeness (QED) is 0.801.